The molecule has 0 unspecified atom stereocenters. The van der Waals surface area contributed by atoms with Gasteiger partial charge >= 0.3 is 5.69 Å². The van der Waals surface area contributed by atoms with Gasteiger partial charge in [0.05, 0.1) is 18.1 Å². The Hall–Kier alpha value is -3.62. The van der Waals surface area contributed by atoms with Gasteiger partial charge in [-0.15, -0.1) is 0 Å². The monoisotopic (exact) mass is 397 g/mol. The van der Waals surface area contributed by atoms with Crippen LogP contribution in [0.15, 0.2) is 33.9 Å². The number of carbonyl (C=O) groups is 1. The maximum Gasteiger partial charge on any atom is 0.332 e. The van der Waals surface area contributed by atoms with Gasteiger partial charge in [0.25, 0.3) is 11.5 Å². The number of methoxy groups -OCH3 is 1. The molecular formula is C20H23N5O4. The number of rotatable bonds is 5. The maximum absolute atomic E-state index is 13.1. The van der Waals surface area contributed by atoms with Gasteiger partial charge in [-0.1, -0.05) is 19.4 Å². The van der Waals surface area contributed by atoms with Gasteiger partial charge in [-0.05, 0) is 24.1 Å². The van der Waals surface area contributed by atoms with E-state index in [0.717, 1.165) is 4.57 Å². The van der Waals surface area contributed by atoms with E-state index in [1.807, 2.05) is 6.92 Å². The van der Waals surface area contributed by atoms with E-state index >= 15 is 0 Å². The zero-order chi connectivity index (χ0) is 21.3. The highest BCUT2D eigenvalue weighted by atomic mass is 16.5. The fourth-order valence-corrected chi connectivity index (χ4v) is 3.33. The molecule has 9 nitrogen and oxygen atoms in total. The lowest BCUT2D eigenvalue weighted by molar-refractivity contribution is 0.102. The Balaban J connectivity index is 2.25. The number of amides is 1. The molecular weight excluding hydrogens is 374 g/mol. The van der Waals surface area contributed by atoms with Crippen LogP contribution in [0.25, 0.3) is 11.0 Å². The largest absolute Gasteiger partial charge is 0.497 e. The van der Waals surface area contributed by atoms with Crippen molar-refractivity contribution in [1.82, 2.24) is 14.1 Å². The van der Waals surface area contributed by atoms with Crippen molar-refractivity contribution in [1.29, 1.82) is 0 Å². The molecule has 29 heavy (non-hydrogen) atoms. The minimum atomic E-state index is -0.509. The smallest absolute Gasteiger partial charge is 0.332 e. The quantitative estimate of drug-likeness (QED) is 0.672. The van der Waals surface area contributed by atoms with Gasteiger partial charge in [-0.3, -0.25) is 18.7 Å². The lowest BCUT2D eigenvalue weighted by Crippen LogP contribution is -2.38. The Morgan fingerprint density at radius 1 is 1.24 bits per heavy atom. The van der Waals surface area contributed by atoms with Gasteiger partial charge in [0.1, 0.15) is 11.6 Å². The number of aromatic nitrogens is 3. The second-order valence-corrected chi connectivity index (χ2v) is 6.69. The summed E-state index contributed by atoms with van der Waals surface area (Å²) in [5.41, 5.74) is 6.40. The number of benzene rings is 1. The number of nitrogens with two attached hydrogens (primary N) is 1. The number of hydrogen-bond donors (Lipinski definition) is 2. The number of nitrogen functional groups attached to an aromatic ring is 1. The van der Waals surface area contributed by atoms with E-state index in [1.54, 1.807) is 24.3 Å². The molecule has 0 radical (unpaired) electrons. The van der Waals surface area contributed by atoms with Crippen LogP contribution in [0.4, 0.5) is 11.5 Å². The van der Waals surface area contributed by atoms with E-state index in [2.05, 4.69) is 10.3 Å². The normalized spacial score (nSPS) is 10.9. The summed E-state index contributed by atoms with van der Waals surface area (Å²) in [6.45, 7) is 1.93. The van der Waals surface area contributed by atoms with E-state index in [-0.39, 0.29) is 22.4 Å². The molecule has 0 spiro atoms. The van der Waals surface area contributed by atoms with Crippen molar-refractivity contribution in [2.75, 3.05) is 18.2 Å². The van der Waals surface area contributed by atoms with Crippen LogP contribution < -0.4 is 27.0 Å². The topological polar surface area (TPSA) is 121 Å². The van der Waals surface area contributed by atoms with Crippen LogP contribution in [0, 0.1) is 0 Å². The molecule has 3 rings (SSSR count). The third-order valence-electron chi connectivity index (χ3n) is 4.77. The fourth-order valence-electron chi connectivity index (χ4n) is 3.33. The molecule has 0 aliphatic carbocycles. The van der Waals surface area contributed by atoms with Crippen LogP contribution in [-0.4, -0.2) is 27.1 Å². The molecule has 9 heteroatoms. The predicted molar refractivity (Wildman–Crippen MR) is 112 cm³/mol. The summed E-state index contributed by atoms with van der Waals surface area (Å²) in [5, 5.41) is 3.00. The standard InChI is InChI=1S/C20H23N5O4/c1-5-7-13-14(18(26)22-11-8-6-9-12(10-11)29-4)16(21)23-17-15(13)19(27)25(3)20(28)24(17)2/h6,8-10H,5,7H2,1-4H3,(H2,21,23)(H,22,26). The number of carbonyl (C=O) groups excluding carboxylic acids is 1. The Kier molecular flexibility index (Phi) is 5.40. The highest BCUT2D eigenvalue weighted by Crippen LogP contribution is 2.25. The van der Waals surface area contributed by atoms with Gasteiger partial charge < -0.3 is 15.8 Å². The first kappa shape index (κ1) is 20.1. The van der Waals surface area contributed by atoms with Crippen LogP contribution in [0.5, 0.6) is 5.75 Å². The van der Waals surface area contributed by atoms with E-state index in [9.17, 15) is 14.4 Å². The summed E-state index contributed by atoms with van der Waals surface area (Å²) in [5.74, 6) is 0.0687. The summed E-state index contributed by atoms with van der Waals surface area (Å²) in [6, 6.07) is 6.89. The van der Waals surface area contributed by atoms with Crippen molar-refractivity contribution in [3.05, 3.63) is 56.2 Å². The minimum Gasteiger partial charge on any atom is -0.497 e. The Morgan fingerprint density at radius 3 is 2.62 bits per heavy atom. The zero-order valence-electron chi connectivity index (χ0n) is 16.8. The number of aryl methyl sites for hydroxylation is 2. The summed E-state index contributed by atoms with van der Waals surface area (Å²) in [6.07, 6.45) is 1.10. The summed E-state index contributed by atoms with van der Waals surface area (Å²) in [4.78, 5) is 42.4. The first-order valence-corrected chi connectivity index (χ1v) is 9.13. The summed E-state index contributed by atoms with van der Waals surface area (Å²) >= 11 is 0. The molecule has 0 bridgehead atoms. The van der Waals surface area contributed by atoms with Crippen molar-refractivity contribution in [2.45, 2.75) is 19.8 Å². The number of pyridine rings is 1. The minimum absolute atomic E-state index is 0.0374. The number of ether oxygens (including phenoxy) is 1. The Labute approximate surface area is 166 Å². The third-order valence-corrected chi connectivity index (χ3v) is 4.77. The van der Waals surface area contributed by atoms with E-state index in [0.29, 0.717) is 29.8 Å². The number of nitrogens with zero attached hydrogens (tertiary/aromatic N) is 3. The van der Waals surface area contributed by atoms with Gasteiger partial charge in [-0.25, -0.2) is 9.78 Å². The SMILES string of the molecule is CCCc1c(C(=O)Nc2cccc(OC)c2)c(N)nc2c1c(=O)n(C)c(=O)n2C. The highest BCUT2D eigenvalue weighted by molar-refractivity contribution is 6.10. The first-order valence-electron chi connectivity index (χ1n) is 9.13. The van der Waals surface area contributed by atoms with Gasteiger partial charge in [0, 0.05) is 25.8 Å². The van der Waals surface area contributed by atoms with Crippen molar-refractivity contribution < 1.29 is 9.53 Å². The number of fused-ring (bicyclic) bond motifs is 1. The molecule has 152 valence electrons. The molecule has 2 aromatic heterocycles. The fraction of sp³-hybridized carbons (Fsp3) is 0.300. The van der Waals surface area contributed by atoms with E-state index in [1.165, 1.54) is 25.8 Å². The van der Waals surface area contributed by atoms with Crippen LogP contribution in [-0.2, 0) is 20.5 Å². The molecule has 0 aliphatic heterocycles. The van der Waals surface area contributed by atoms with Crippen LogP contribution >= 0.6 is 0 Å². The van der Waals surface area contributed by atoms with Crippen molar-refractivity contribution in [3.8, 4) is 5.75 Å². The van der Waals surface area contributed by atoms with Gasteiger partial charge in [-0.2, -0.15) is 0 Å². The first-order chi connectivity index (χ1) is 13.8. The molecule has 3 N–H and O–H groups in total. The second kappa shape index (κ2) is 7.78. The van der Waals surface area contributed by atoms with E-state index in [4.69, 9.17) is 10.5 Å². The average molecular weight is 397 g/mol. The summed E-state index contributed by atoms with van der Waals surface area (Å²) in [7, 11) is 4.44. The molecule has 0 fully saturated rings. The molecule has 1 aromatic carbocycles. The van der Waals surface area contributed by atoms with Gasteiger partial charge in [0.15, 0.2) is 5.65 Å². The van der Waals surface area contributed by atoms with Crippen LogP contribution in [0.2, 0.25) is 0 Å². The van der Waals surface area contributed by atoms with Crippen LogP contribution in [0.3, 0.4) is 0 Å². The predicted octanol–water partition coefficient (Wildman–Crippen LogP) is 1.43. The summed E-state index contributed by atoms with van der Waals surface area (Å²) < 4.78 is 7.44. The molecule has 0 atom stereocenters. The second-order valence-electron chi connectivity index (χ2n) is 6.69. The third kappa shape index (κ3) is 3.46. The molecule has 0 saturated carbocycles. The van der Waals surface area contributed by atoms with Crippen molar-refractivity contribution in [2.24, 2.45) is 14.1 Å². The Bertz CT molecular complexity index is 1230. The molecule has 3 aromatic rings. The molecule has 1 amide bonds. The lowest BCUT2D eigenvalue weighted by atomic mass is 9.99. The highest BCUT2D eigenvalue weighted by Gasteiger charge is 2.23. The number of hydrogen-bond acceptors (Lipinski definition) is 6. The molecule has 0 saturated heterocycles. The Morgan fingerprint density at radius 2 is 1.97 bits per heavy atom. The van der Waals surface area contributed by atoms with Crippen LogP contribution in [0.1, 0.15) is 29.3 Å². The van der Waals surface area contributed by atoms with E-state index < -0.39 is 17.2 Å². The lowest BCUT2D eigenvalue weighted by Gasteiger charge is -2.16. The number of nitrogens with one attached hydrogen (secondary N) is 1. The zero-order valence-corrected chi connectivity index (χ0v) is 16.8. The molecule has 2 heterocycles. The molecule has 0 aliphatic rings. The van der Waals surface area contributed by atoms with Crippen molar-refractivity contribution >= 4 is 28.4 Å². The maximum atomic E-state index is 13.1. The number of anilines is 2. The average Bonchev–Trinajstić information content (AvgIpc) is 2.70. The van der Waals surface area contributed by atoms with Gasteiger partial charge in [0.2, 0.25) is 0 Å². The van der Waals surface area contributed by atoms with Crippen molar-refractivity contribution in [3.63, 3.8) is 0 Å².